The van der Waals surface area contributed by atoms with Crippen LogP contribution in [-0.2, 0) is 22.7 Å². The minimum atomic E-state index is -0.822. The molecule has 8 nitrogen and oxygen atoms in total. The van der Waals surface area contributed by atoms with E-state index in [0.29, 0.717) is 37.3 Å². The van der Waals surface area contributed by atoms with Crippen molar-refractivity contribution in [3.8, 4) is 11.5 Å². The molecule has 180 valence electrons. The van der Waals surface area contributed by atoms with Gasteiger partial charge in [-0.25, -0.2) is 4.79 Å². The average molecular weight is 580 g/mol. The van der Waals surface area contributed by atoms with E-state index in [-0.39, 0.29) is 18.7 Å². The number of rotatable bonds is 7. The molecule has 3 aromatic rings. The van der Waals surface area contributed by atoms with Crippen LogP contribution in [0.5, 0.6) is 11.5 Å². The topological polar surface area (TPSA) is 98.1 Å². The van der Waals surface area contributed by atoms with Crippen LogP contribution in [0.4, 0.5) is 4.79 Å². The lowest BCUT2D eigenvalue weighted by Gasteiger charge is -2.25. The van der Waals surface area contributed by atoms with Crippen LogP contribution in [0, 0.1) is 0 Å². The van der Waals surface area contributed by atoms with Crippen LogP contribution in [0.15, 0.2) is 63.2 Å². The second-order valence-electron chi connectivity index (χ2n) is 7.35. The smallest absolute Gasteiger partial charge is 0.331 e. The fourth-order valence-corrected chi connectivity index (χ4v) is 4.35. The van der Waals surface area contributed by atoms with Gasteiger partial charge in [-0.05, 0) is 64.0 Å². The predicted molar refractivity (Wildman–Crippen MR) is 132 cm³/mol. The second-order valence-corrected chi connectivity index (χ2v) is 9.04. The number of imide groups is 2. The highest BCUT2D eigenvalue weighted by molar-refractivity contribution is 9.10. The van der Waals surface area contributed by atoms with E-state index in [4.69, 9.17) is 37.1 Å². The monoisotopic (exact) mass is 578 g/mol. The molecular formula is C24H17BrCl2N2O6. The number of nitrogens with one attached hydrogen (secondary N) is 1. The van der Waals surface area contributed by atoms with Crippen LogP contribution in [0.3, 0.4) is 0 Å². The number of barbiturate groups is 1. The zero-order valence-corrected chi connectivity index (χ0v) is 21.2. The number of furan rings is 1. The van der Waals surface area contributed by atoms with Gasteiger partial charge < -0.3 is 13.9 Å². The molecule has 2 heterocycles. The third-order valence-corrected chi connectivity index (χ3v) is 6.21. The molecule has 1 saturated heterocycles. The van der Waals surface area contributed by atoms with Crippen molar-refractivity contribution in [2.24, 2.45) is 0 Å². The summed E-state index contributed by atoms with van der Waals surface area (Å²) >= 11 is 15.6. The van der Waals surface area contributed by atoms with E-state index in [0.717, 1.165) is 10.5 Å². The summed E-state index contributed by atoms with van der Waals surface area (Å²) < 4.78 is 17.1. The summed E-state index contributed by atoms with van der Waals surface area (Å²) in [7, 11) is 1.46. The zero-order valence-electron chi connectivity index (χ0n) is 18.1. The number of hydrogen-bond acceptors (Lipinski definition) is 6. The number of hydrogen-bond donors (Lipinski definition) is 1. The molecule has 1 aliphatic rings. The average Bonchev–Trinajstić information content (AvgIpc) is 3.33. The second kappa shape index (κ2) is 10.6. The van der Waals surface area contributed by atoms with Crippen molar-refractivity contribution in [3.63, 3.8) is 0 Å². The maximum absolute atomic E-state index is 12.9. The Morgan fingerprint density at radius 3 is 2.63 bits per heavy atom. The lowest BCUT2D eigenvalue weighted by molar-refractivity contribution is -0.130. The molecule has 0 saturated carbocycles. The van der Waals surface area contributed by atoms with Crippen LogP contribution < -0.4 is 14.8 Å². The number of amides is 4. The van der Waals surface area contributed by atoms with Crippen molar-refractivity contribution >= 4 is 63.1 Å². The van der Waals surface area contributed by atoms with Gasteiger partial charge in [-0.3, -0.25) is 19.8 Å². The Balaban J connectivity index is 1.60. The van der Waals surface area contributed by atoms with Gasteiger partial charge in [0, 0.05) is 15.6 Å². The summed E-state index contributed by atoms with van der Waals surface area (Å²) in [5.74, 6) is -0.404. The predicted octanol–water partition coefficient (Wildman–Crippen LogP) is 5.60. The van der Waals surface area contributed by atoms with Gasteiger partial charge in [-0.1, -0.05) is 29.3 Å². The van der Waals surface area contributed by atoms with Crippen LogP contribution in [0.25, 0.3) is 6.08 Å². The molecule has 1 aromatic heterocycles. The quantitative estimate of drug-likeness (QED) is 0.289. The molecule has 0 radical (unpaired) electrons. The number of methoxy groups -OCH3 is 1. The molecule has 0 bridgehead atoms. The van der Waals surface area contributed by atoms with E-state index in [1.165, 1.54) is 19.4 Å². The minimum absolute atomic E-state index is 0.116. The standard InChI is InChI=1S/C24H17BrCl2N2O6/c1-33-20-9-13(8-18(25)21(20)35-12-14-4-5-15(26)10-19(14)27)7-17-22(30)28-24(32)29(23(17)31)11-16-3-2-6-34-16/h2-10H,11-12H2,1H3,(H,28,30,32)/b17-7+. The molecule has 11 heteroatoms. The summed E-state index contributed by atoms with van der Waals surface area (Å²) in [4.78, 5) is 38.5. The summed E-state index contributed by atoms with van der Waals surface area (Å²) in [6.07, 6.45) is 2.80. The highest BCUT2D eigenvalue weighted by Gasteiger charge is 2.36. The van der Waals surface area contributed by atoms with Crippen LogP contribution in [0.2, 0.25) is 10.0 Å². The molecule has 35 heavy (non-hydrogen) atoms. The lowest BCUT2D eigenvalue weighted by Crippen LogP contribution is -2.53. The molecule has 4 rings (SSSR count). The minimum Gasteiger partial charge on any atom is -0.493 e. The molecule has 2 aromatic carbocycles. The fraction of sp³-hybridized carbons (Fsp3) is 0.125. The third-order valence-electron chi connectivity index (χ3n) is 5.03. The number of urea groups is 1. The Hall–Kier alpha value is -3.27. The Labute approximate surface area is 218 Å². The number of benzene rings is 2. The van der Waals surface area contributed by atoms with Gasteiger partial charge in [-0.15, -0.1) is 0 Å². The van der Waals surface area contributed by atoms with Crippen LogP contribution >= 0.6 is 39.1 Å². The lowest BCUT2D eigenvalue weighted by atomic mass is 10.1. The highest BCUT2D eigenvalue weighted by Crippen LogP contribution is 2.38. The largest absolute Gasteiger partial charge is 0.493 e. The van der Waals surface area contributed by atoms with Gasteiger partial charge in [0.1, 0.15) is 17.9 Å². The first-order valence-corrected chi connectivity index (χ1v) is 11.7. The summed E-state index contributed by atoms with van der Waals surface area (Å²) in [5.41, 5.74) is 0.977. The van der Waals surface area contributed by atoms with Crippen molar-refractivity contribution in [1.82, 2.24) is 10.2 Å². The van der Waals surface area contributed by atoms with Gasteiger partial charge in [0.2, 0.25) is 0 Å². The fourth-order valence-electron chi connectivity index (χ4n) is 3.31. The maximum atomic E-state index is 12.9. The molecule has 0 aliphatic carbocycles. The van der Waals surface area contributed by atoms with E-state index < -0.39 is 17.8 Å². The first-order chi connectivity index (χ1) is 16.8. The first-order valence-electron chi connectivity index (χ1n) is 10.1. The summed E-state index contributed by atoms with van der Waals surface area (Å²) in [5, 5.41) is 3.15. The summed E-state index contributed by atoms with van der Waals surface area (Å²) in [6.45, 7) is 0.0332. The molecule has 1 fully saturated rings. The maximum Gasteiger partial charge on any atom is 0.331 e. The molecular weight excluding hydrogens is 563 g/mol. The van der Waals surface area contributed by atoms with Crippen molar-refractivity contribution < 1.29 is 28.3 Å². The molecule has 1 aliphatic heterocycles. The Morgan fingerprint density at radius 2 is 1.94 bits per heavy atom. The Kier molecular flexibility index (Phi) is 7.49. The Bertz CT molecular complexity index is 1340. The van der Waals surface area contributed by atoms with Crippen molar-refractivity contribution in [2.45, 2.75) is 13.2 Å². The van der Waals surface area contributed by atoms with E-state index in [1.54, 1.807) is 42.5 Å². The van der Waals surface area contributed by atoms with E-state index in [9.17, 15) is 14.4 Å². The van der Waals surface area contributed by atoms with Gasteiger partial charge in [0.05, 0.1) is 24.4 Å². The number of carbonyl (C=O) groups is 3. The number of nitrogens with zero attached hydrogens (tertiary/aromatic N) is 1. The number of halogens is 3. The summed E-state index contributed by atoms with van der Waals surface area (Å²) in [6, 6.07) is 10.8. The van der Waals surface area contributed by atoms with Gasteiger partial charge in [0.25, 0.3) is 11.8 Å². The first kappa shape index (κ1) is 24.8. The van der Waals surface area contributed by atoms with Crippen molar-refractivity contribution in [2.75, 3.05) is 7.11 Å². The van der Waals surface area contributed by atoms with Gasteiger partial charge in [0.15, 0.2) is 11.5 Å². The van der Waals surface area contributed by atoms with E-state index in [2.05, 4.69) is 21.2 Å². The van der Waals surface area contributed by atoms with E-state index in [1.807, 2.05) is 0 Å². The zero-order chi connectivity index (χ0) is 25.1. The molecule has 0 unspecified atom stereocenters. The van der Waals surface area contributed by atoms with Crippen molar-refractivity contribution in [1.29, 1.82) is 0 Å². The Morgan fingerprint density at radius 1 is 1.14 bits per heavy atom. The van der Waals surface area contributed by atoms with Gasteiger partial charge >= 0.3 is 6.03 Å². The highest BCUT2D eigenvalue weighted by atomic mass is 79.9. The normalized spacial score (nSPS) is 14.9. The SMILES string of the molecule is COc1cc(/C=C2\C(=O)NC(=O)N(Cc3ccco3)C2=O)cc(Br)c1OCc1ccc(Cl)cc1Cl. The molecule has 1 N–H and O–H groups in total. The van der Waals surface area contributed by atoms with Gasteiger partial charge in [-0.2, -0.15) is 0 Å². The molecule has 0 atom stereocenters. The molecule has 0 spiro atoms. The molecule has 4 amide bonds. The van der Waals surface area contributed by atoms with Crippen LogP contribution in [0.1, 0.15) is 16.9 Å². The number of ether oxygens (including phenoxy) is 2. The third kappa shape index (κ3) is 5.53. The van der Waals surface area contributed by atoms with Crippen molar-refractivity contribution in [3.05, 3.63) is 85.7 Å². The van der Waals surface area contributed by atoms with E-state index >= 15 is 0 Å². The van der Waals surface area contributed by atoms with Crippen LogP contribution in [-0.4, -0.2) is 29.9 Å². The number of carbonyl (C=O) groups excluding carboxylic acids is 3.